The molecule has 0 amide bonds. The van der Waals surface area contributed by atoms with Crippen LogP contribution in [0, 0.1) is 0 Å². The third-order valence-electron chi connectivity index (χ3n) is 2.73. The molecule has 0 saturated carbocycles. The lowest BCUT2D eigenvalue weighted by Crippen LogP contribution is -2.07. The van der Waals surface area contributed by atoms with Crippen molar-refractivity contribution in [2.75, 3.05) is 0 Å². The lowest BCUT2D eigenvalue weighted by Gasteiger charge is -2.03. The molecule has 0 aliphatic carbocycles. The number of hydrogen-bond donors (Lipinski definition) is 0. The summed E-state index contributed by atoms with van der Waals surface area (Å²) >= 11 is 0. The topological polar surface area (TPSA) is 34.9 Å². The van der Waals surface area contributed by atoms with Gasteiger partial charge in [-0.2, -0.15) is 0 Å². The maximum Gasteiger partial charge on any atom is 0.162 e. The minimum Gasteiger partial charge on any atom is -0.328 e. The number of nitrogens with zero attached hydrogens (tertiary/aromatic N) is 2. The molecular weight excluding hydrogens is 212 g/mol. The molecule has 1 aromatic heterocycles. The minimum absolute atomic E-state index is 0.0949. The summed E-state index contributed by atoms with van der Waals surface area (Å²) in [5.74, 6) is 0.939. The van der Waals surface area contributed by atoms with Crippen molar-refractivity contribution < 1.29 is 4.79 Å². The Morgan fingerprint density at radius 3 is 2.88 bits per heavy atom. The quantitative estimate of drug-likeness (QED) is 0.754. The number of allylic oxidation sites excluding steroid dienone is 2. The van der Waals surface area contributed by atoms with Crippen LogP contribution in [-0.2, 0) is 17.8 Å². The summed E-state index contributed by atoms with van der Waals surface area (Å²) in [5, 5.41) is 0. The lowest BCUT2D eigenvalue weighted by atomic mass is 10.2. The van der Waals surface area contributed by atoms with Gasteiger partial charge in [0.05, 0.1) is 17.5 Å². The highest BCUT2D eigenvalue weighted by atomic mass is 16.1. The van der Waals surface area contributed by atoms with Crippen LogP contribution in [-0.4, -0.2) is 15.3 Å². The first-order valence-corrected chi connectivity index (χ1v) is 5.86. The number of benzene rings is 1. The van der Waals surface area contributed by atoms with Gasteiger partial charge in [-0.3, -0.25) is 4.79 Å². The van der Waals surface area contributed by atoms with Crippen LogP contribution in [0.25, 0.3) is 11.0 Å². The number of aryl methyl sites for hydroxylation is 1. The van der Waals surface area contributed by atoms with E-state index in [1.165, 1.54) is 0 Å². The summed E-state index contributed by atoms with van der Waals surface area (Å²) in [7, 11) is 0. The summed E-state index contributed by atoms with van der Waals surface area (Å²) in [4.78, 5) is 16.1. The molecule has 1 heterocycles. The summed E-state index contributed by atoms with van der Waals surface area (Å²) in [6.07, 6.45) is 3.73. The number of imidazole rings is 1. The number of ketones is 1. The second kappa shape index (κ2) is 4.95. The summed E-state index contributed by atoms with van der Waals surface area (Å²) in [6.45, 7) is 4.75. The Morgan fingerprint density at radius 2 is 2.18 bits per heavy atom. The summed E-state index contributed by atoms with van der Waals surface area (Å²) in [5.41, 5.74) is 2.05. The number of fused-ring (bicyclic) bond motifs is 1. The molecule has 3 nitrogen and oxygen atoms in total. The number of hydrogen-bond acceptors (Lipinski definition) is 2. The van der Waals surface area contributed by atoms with E-state index in [4.69, 9.17) is 0 Å². The maximum absolute atomic E-state index is 11.6. The molecule has 0 saturated heterocycles. The molecule has 1 aromatic carbocycles. The third kappa shape index (κ3) is 2.28. The van der Waals surface area contributed by atoms with Crippen molar-refractivity contribution in [3.63, 3.8) is 0 Å². The van der Waals surface area contributed by atoms with Crippen molar-refractivity contribution in [3.05, 3.63) is 42.2 Å². The zero-order valence-corrected chi connectivity index (χ0v) is 10.2. The molecule has 0 unspecified atom stereocenters. The van der Waals surface area contributed by atoms with Crippen molar-refractivity contribution in [2.24, 2.45) is 0 Å². The van der Waals surface area contributed by atoms with Gasteiger partial charge in [-0.25, -0.2) is 4.98 Å². The molecule has 2 rings (SSSR count). The Bertz CT molecular complexity index is 567. The van der Waals surface area contributed by atoms with Crippen LogP contribution in [0.1, 0.15) is 19.7 Å². The lowest BCUT2D eigenvalue weighted by molar-refractivity contribution is -0.114. The maximum atomic E-state index is 11.6. The fourth-order valence-corrected chi connectivity index (χ4v) is 2.01. The molecule has 0 spiro atoms. The highest BCUT2D eigenvalue weighted by Gasteiger charge is 2.10. The zero-order valence-electron chi connectivity index (χ0n) is 10.2. The number of para-hydroxylation sites is 2. The smallest absolute Gasteiger partial charge is 0.162 e. The Morgan fingerprint density at radius 1 is 1.41 bits per heavy atom. The van der Waals surface area contributed by atoms with Crippen LogP contribution in [0.5, 0.6) is 0 Å². The first kappa shape index (κ1) is 11.6. The molecule has 0 N–H and O–H groups in total. The normalized spacial score (nSPS) is 11.4. The first-order chi connectivity index (χ1) is 8.26. The highest BCUT2D eigenvalue weighted by Crippen LogP contribution is 2.16. The van der Waals surface area contributed by atoms with E-state index in [0.717, 1.165) is 23.4 Å². The molecule has 0 aliphatic heterocycles. The van der Waals surface area contributed by atoms with Gasteiger partial charge in [0.15, 0.2) is 5.78 Å². The van der Waals surface area contributed by atoms with Crippen LogP contribution in [0.3, 0.4) is 0 Å². The molecule has 0 bridgehead atoms. The van der Waals surface area contributed by atoms with Gasteiger partial charge in [0.25, 0.3) is 0 Å². The molecule has 2 aromatic rings. The van der Waals surface area contributed by atoms with E-state index in [1.54, 1.807) is 12.2 Å². The second-order valence-electron chi connectivity index (χ2n) is 3.90. The van der Waals surface area contributed by atoms with Crippen LogP contribution < -0.4 is 0 Å². The van der Waals surface area contributed by atoms with Gasteiger partial charge in [0.1, 0.15) is 5.82 Å². The minimum atomic E-state index is 0.0949. The highest BCUT2D eigenvalue weighted by molar-refractivity contribution is 5.91. The van der Waals surface area contributed by atoms with Gasteiger partial charge in [-0.15, -0.1) is 0 Å². The first-order valence-electron chi connectivity index (χ1n) is 5.86. The van der Waals surface area contributed by atoms with Crippen LogP contribution in [0.4, 0.5) is 0 Å². The fourth-order valence-electron chi connectivity index (χ4n) is 2.01. The summed E-state index contributed by atoms with van der Waals surface area (Å²) in [6, 6.07) is 7.97. The van der Waals surface area contributed by atoms with Crippen molar-refractivity contribution in [1.29, 1.82) is 0 Å². The van der Waals surface area contributed by atoms with Crippen LogP contribution in [0.2, 0.25) is 0 Å². The van der Waals surface area contributed by atoms with Crippen molar-refractivity contribution in [3.8, 4) is 0 Å². The number of carbonyl (C=O) groups is 1. The van der Waals surface area contributed by atoms with Gasteiger partial charge < -0.3 is 4.57 Å². The van der Waals surface area contributed by atoms with E-state index in [0.29, 0.717) is 6.42 Å². The van der Waals surface area contributed by atoms with Crippen LogP contribution in [0.15, 0.2) is 36.4 Å². The van der Waals surface area contributed by atoms with Gasteiger partial charge in [0.2, 0.25) is 0 Å². The number of aromatic nitrogens is 2. The average Bonchev–Trinajstić information content (AvgIpc) is 2.66. The van der Waals surface area contributed by atoms with Gasteiger partial charge >= 0.3 is 0 Å². The monoisotopic (exact) mass is 228 g/mol. The van der Waals surface area contributed by atoms with Gasteiger partial charge in [-0.1, -0.05) is 18.2 Å². The van der Waals surface area contributed by atoms with E-state index < -0.39 is 0 Å². The molecule has 0 radical (unpaired) electrons. The molecular formula is C14H16N2O. The molecule has 17 heavy (non-hydrogen) atoms. The average molecular weight is 228 g/mol. The summed E-state index contributed by atoms with van der Waals surface area (Å²) < 4.78 is 2.09. The predicted octanol–water partition coefficient (Wildman–Crippen LogP) is 2.74. The Hall–Kier alpha value is -1.90. The predicted molar refractivity (Wildman–Crippen MR) is 68.9 cm³/mol. The van der Waals surface area contributed by atoms with Crippen molar-refractivity contribution in [1.82, 2.24) is 9.55 Å². The zero-order chi connectivity index (χ0) is 12.3. The van der Waals surface area contributed by atoms with E-state index in [2.05, 4.69) is 16.5 Å². The standard InChI is InChI=1S/C14H16N2O/c1-3-7-11(17)10-14-15-12-8-5-6-9-13(12)16(14)4-2/h3,5-9H,4,10H2,1-2H3/b7-3+. The van der Waals surface area contributed by atoms with Gasteiger partial charge in [-0.05, 0) is 32.1 Å². The van der Waals surface area contributed by atoms with Crippen molar-refractivity contribution in [2.45, 2.75) is 26.8 Å². The fraction of sp³-hybridized carbons (Fsp3) is 0.286. The van der Waals surface area contributed by atoms with Crippen molar-refractivity contribution >= 4 is 16.8 Å². The van der Waals surface area contributed by atoms with E-state index in [1.807, 2.05) is 31.2 Å². The number of rotatable bonds is 4. The third-order valence-corrected chi connectivity index (χ3v) is 2.73. The SMILES string of the molecule is C/C=C/C(=O)Cc1nc2ccccc2n1CC. The molecule has 0 atom stereocenters. The van der Waals surface area contributed by atoms with E-state index >= 15 is 0 Å². The Labute approximate surface area is 101 Å². The second-order valence-corrected chi connectivity index (χ2v) is 3.90. The molecule has 88 valence electrons. The van der Waals surface area contributed by atoms with E-state index in [9.17, 15) is 4.79 Å². The Balaban J connectivity index is 2.43. The van der Waals surface area contributed by atoms with Crippen LogP contribution >= 0.6 is 0 Å². The molecule has 3 heteroatoms. The van der Waals surface area contributed by atoms with Gasteiger partial charge in [0, 0.05) is 6.54 Å². The molecule has 0 aliphatic rings. The van der Waals surface area contributed by atoms with E-state index in [-0.39, 0.29) is 5.78 Å². The number of carbonyl (C=O) groups excluding carboxylic acids is 1. The Kier molecular flexibility index (Phi) is 3.38. The largest absolute Gasteiger partial charge is 0.328 e. The molecule has 0 fully saturated rings.